The zero-order valence-electron chi connectivity index (χ0n) is 27.2. The van der Waals surface area contributed by atoms with Gasteiger partial charge < -0.3 is 14.5 Å². The lowest BCUT2D eigenvalue weighted by Crippen LogP contribution is -2.25. The molecule has 4 heteroatoms. The summed E-state index contributed by atoms with van der Waals surface area (Å²) in [4.78, 5) is 5.37. The van der Waals surface area contributed by atoms with E-state index in [1.54, 1.807) is 0 Å². The Bertz CT molecular complexity index is 2770. The van der Waals surface area contributed by atoms with Crippen LogP contribution in [0.4, 0.5) is 0 Å². The van der Waals surface area contributed by atoms with Crippen LogP contribution in [0.1, 0.15) is 22.9 Å². The molecule has 1 aliphatic rings. The van der Waals surface area contributed by atoms with Crippen molar-refractivity contribution in [1.82, 2.24) is 14.5 Å². The number of rotatable bonds is 5. The van der Waals surface area contributed by atoms with Gasteiger partial charge in [0.2, 0.25) is 0 Å². The summed E-state index contributed by atoms with van der Waals surface area (Å²) in [5.74, 6) is 0. The Morgan fingerprint density at radius 2 is 1.10 bits per heavy atom. The van der Waals surface area contributed by atoms with Gasteiger partial charge >= 0.3 is 0 Å². The van der Waals surface area contributed by atoms with E-state index in [-0.39, 0.29) is 6.17 Å². The standard InChI is InChI=1S/C46H32N4/c1-4-16-31(17-5-1)38-30-39(48-46(47-38)32-18-6-2-7-19-32)36-23-11-14-26-41(36)50-42-27-15-12-24-37(42)44-43(50)29-28-35-34-22-10-13-25-40(34)49(45(35)44)33-20-8-3-9-21-33/h1-30,46-47H. The summed E-state index contributed by atoms with van der Waals surface area (Å²) in [5.41, 5.74) is 12.3. The van der Waals surface area contributed by atoms with Gasteiger partial charge in [-0.3, -0.25) is 4.99 Å². The molecule has 0 spiro atoms. The number of allylic oxidation sites excluding steroid dienone is 1. The Hall–Kier alpha value is -6.65. The third-order valence-electron chi connectivity index (χ3n) is 9.95. The van der Waals surface area contributed by atoms with E-state index in [1.807, 2.05) is 0 Å². The Balaban J connectivity index is 1.27. The van der Waals surface area contributed by atoms with Crippen LogP contribution in [0, 0.1) is 0 Å². The van der Waals surface area contributed by atoms with Crippen molar-refractivity contribution >= 4 is 55.0 Å². The van der Waals surface area contributed by atoms with Gasteiger partial charge in [-0.15, -0.1) is 0 Å². The highest BCUT2D eigenvalue weighted by atomic mass is 15.1. The SMILES string of the molecule is C1=C(c2ccccc2)NC(c2ccccc2)N=C1c1ccccc1-n1c2ccccc2c2c1ccc1c3ccccc3n(-c3ccccc3)c12. The fourth-order valence-corrected chi connectivity index (χ4v) is 7.76. The summed E-state index contributed by atoms with van der Waals surface area (Å²) in [7, 11) is 0. The summed E-state index contributed by atoms with van der Waals surface area (Å²) >= 11 is 0. The second-order valence-corrected chi connectivity index (χ2v) is 12.8. The molecule has 0 saturated carbocycles. The summed E-state index contributed by atoms with van der Waals surface area (Å²) in [5, 5.41) is 8.67. The Kier molecular flexibility index (Phi) is 6.53. The van der Waals surface area contributed by atoms with Gasteiger partial charge in [0.15, 0.2) is 0 Å². The molecule has 1 unspecified atom stereocenters. The minimum Gasteiger partial charge on any atom is -0.360 e. The molecule has 0 bridgehead atoms. The fourth-order valence-electron chi connectivity index (χ4n) is 7.76. The van der Waals surface area contributed by atoms with Crippen LogP contribution in [0.15, 0.2) is 187 Å². The quantitative estimate of drug-likeness (QED) is 0.200. The van der Waals surface area contributed by atoms with Crippen molar-refractivity contribution in [3.8, 4) is 11.4 Å². The van der Waals surface area contributed by atoms with E-state index in [1.165, 1.54) is 32.6 Å². The van der Waals surface area contributed by atoms with E-state index in [9.17, 15) is 0 Å². The van der Waals surface area contributed by atoms with Crippen LogP contribution in [0.25, 0.3) is 60.7 Å². The molecular formula is C46H32N4. The average Bonchev–Trinajstić information content (AvgIpc) is 3.72. The summed E-state index contributed by atoms with van der Waals surface area (Å²) < 4.78 is 4.87. The number of hydrogen-bond acceptors (Lipinski definition) is 2. The van der Waals surface area contributed by atoms with Crippen LogP contribution in [0.5, 0.6) is 0 Å². The molecule has 0 aliphatic carbocycles. The van der Waals surface area contributed by atoms with Gasteiger partial charge in [0, 0.05) is 38.5 Å². The molecular weight excluding hydrogens is 609 g/mol. The lowest BCUT2D eigenvalue weighted by molar-refractivity contribution is 0.664. The van der Waals surface area contributed by atoms with Crippen molar-refractivity contribution < 1.29 is 0 Å². The zero-order chi connectivity index (χ0) is 33.0. The minimum atomic E-state index is -0.223. The maximum absolute atomic E-state index is 5.37. The first kappa shape index (κ1) is 28.4. The number of fused-ring (bicyclic) bond motifs is 7. The first-order valence-corrected chi connectivity index (χ1v) is 17.1. The number of aromatic nitrogens is 2. The second kappa shape index (κ2) is 11.5. The molecule has 1 N–H and O–H groups in total. The van der Waals surface area contributed by atoms with Crippen molar-refractivity contribution in [3.63, 3.8) is 0 Å². The van der Waals surface area contributed by atoms with E-state index in [0.717, 1.165) is 50.5 Å². The first-order valence-electron chi connectivity index (χ1n) is 17.1. The van der Waals surface area contributed by atoms with Crippen LogP contribution in [-0.2, 0) is 0 Å². The molecule has 50 heavy (non-hydrogen) atoms. The molecule has 1 aliphatic heterocycles. The van der Waals surface area contributed by atoms with Crippen molar-refractivity contribution in [1.29, 1.82) is 0 Å². The van der Waals surface area contributed by atoms with Gasteiger partial charge in [-0.2, -0.15) is 0 Å². The number of aliphatic imine (C=N–C) groups is 1. The van der Waals surface area contributed by atoms with Crippen LogP contribution in [0.3, 0.4) is 0 Å². The first-order chi connectivity index (χ1) is 24.8. The van der Waals surface area contributed by atoms with Crippen LogP contribution in [-0.4, -0.2) is 14.8 Å². The number of benzene rings is 7. The molecule has 0 fully saturated rings. The molecule has 10 rings (SSSR count). The van der Waals surface area contributed by atoms with Crippen molar-refractivity contribution in [3.05, 3.63) is 199 Å². The summed E-state index contributed by atoms with van der Waals surface area (Å²) in [6, 6.07) is 62.6. The van der Waals surface area contributed by atoms with Gasteiger partial charge in [-0.1, -0.05) is 140 Å². The third-order valence-corrected chi connectivity index (χ3v) is 9.95. The highest BCUT2D eigenvalue weighted by molar-refractivity contribution is 6.26. The topological polar surface area (TPSA) is 34.2 Å². The normalized spacial score (nSPS) is 14.6. The van der Waals surface area contributed by atoms with Gasteiger partial charge in [0.25, 0.3) is 0 Å². The van der Waals surface area contributed by atoms with Crippen LogP contribution in [0.2, 0.25) is 0 Å². The molecule has 3 heterocycles. The Labute approximate surface area is 289 Å². The van der Waals surface area contributed by atoms with Crippen molar-refractivity contribution in [2.45, 2.75) is 6.17 Å². The molecule has 2 aromatic heterocycles. The second-order valence-electron chi connectivity index (χ2n) is 12.8. The monoisotopic (exact) mass is 640 g/mol. The molecule has 236 valence electrons. The number of nitrogens with zero attached hydrogens (tertiary/aromatic N) is 3. The van der Waals surface area contributed by atoms with E-state index in [2.05, 4.69) is 196 Å². The number of nitrogens with one attached hydrogen (secondary N) is 1. The van der Waals surface area contributed by atoms with E-state index in [0.29, 0.717) is 0 Å². The smallest absolute Gasteiger partial charge is 0.145 e. The highest BCUT2D eigenvalue weighted by Gasteiger charge is 2.24. The van der Waals surface area contributed by atoms with Gasteiger partial charge in [-0.05, 0) is 53.6 Å². The van der Waals surface area contributed by atoms with E-state index in [4.69, 9.17) is 4.99 Å². The third kappa shape index (κ3) is 4.42. The van der Waals surface area contributed by atoms with Crippen molar-refractivity contribution in [2.24, 2.45) is 4.99 Å². The molecule has 4 nitrogen and oxygen atoms in total. The number of hydrogen-bond donors (Lipinski definition) is 1. The van der Waals surface area contributed by atoms with Crippen LogP contribution >= 0.6 is 0 Å². The average molecular weight is 641 g/mol. The Morgan fingerprint density at radius 3 is 1.88 bits per heavy atom. The zero-order valence-corrected chi connectivity index (χ0v) is 27.2. The van der Waals surface area contributed by atoms with E-state index < -0.39 is 0 Å². The lowest BCUT2D eigenvalue weighted by Gasteiger charge is -2.26. The highest BCUT2D eigenvalue weighted by Crippen LogP contribution is 2.42. The predicted molar refractivity (Wildman–Crippen MR) is 208 cm³/mol. The molecule has 7 aromatic carbocycles. The minimum absolute atomic E-state index is 0.223. The van der Waals surface area contributed by atoms with Gasteiger partial charge in [0.1, 0.15) is 6.17 Å². The van der Waals surface area contributed by atoms with Crippen LogP contribution < -0.4 is 5.32 Å². The molecule has 0 radical (unpaired) electrons. The summed E-state index contributed by atoms with van der Waals surface area (Å²) in [6.45, 7) is 0. The van der Waals surface area contributed by atoms with Gasteiger partial charge in [-0.25, -0.2) is 0 Å². The largest absolute Gasteiger partial charge is 0.360 e. The maximum Gasteiger partial charge on any atom is 0.145 e. The number of para-hydroxylation sites is 4. The predicted octanol–water partition coefficient (Wildman–Crippen LogP) is 11.0. The molecule has 9 aromatic rings. The van der Waals surface area contributed by atoms with Gasteiger partial charge in [0.05, 0.1) is 33.5 Å². The summed E-state index contributed by atoms with van der Waals surface area (Å²) in [6.07, 6.45) is 1.98. The molecule has 1 atom stereocenters. The fraction of sp³-hybridized carbons (Fsp3) is 0.0217. The lowest BCUT2D eigenvalue weighted by atomic mass is 10.0. The maximum atomic E-state index is 5.37. The Morgan fingerprint density at radius 1 is 0.480 bits per heavy atom. The van der Waals surface area contributed by atoms with E-state index >= 15 is 0 Å². The molecule has 0 saturated heterocycles. The molecule has 0 amide bonds. The van der Waals surface area contributed by atoms with Crippen molar-refractivity contribution in [2.75, 3.05) is 0 Å².